The number of aromatic amines is 1. The molecule has 0 aliphatic heterocycles. The van der Waals surface area contributed by atoms with Gasteiger partial charge in [-0.3, -0.25) is 9.59 Å². The molecule has 2 amide bonds. The number of nitrogens with one attached hydrogen (secondary N) is 3. The molecule has 3 aliphatic rings. The molecule has 1 unspecified atom stereocenters. The van der Waals surface area contributed by atoms with E-state index in [1.165, 1.54) is 7.05 Å². The summed E-state index contributed by atoms with van der Waals surface area (Å²) in [6.45, 7) is 1.89. The van der Waals surface area contributed by atoms with Gasteiger partial charge in [0.25, 0.3) is 11.8 Å². The standard InChI is InChI=1S/C20H23N3O4/c1-12(13-6-4-3-5-7-13)27-15-8-14(22-16(15)18(25)21-2)17(24)23-19-9-20(26,10-19)11-19/h3-8,12,22,26H,9-11H2,1-2H3,(H,21,25)(H,23,24). The molecule has 3 aliphatic carbocycles. The number of carbonyl (C=O) groups excluding carboxylic acids is 2. The zero-order chi connectivity index (χ0) is 19.2. The lowest BCUT2D eigenvalue weighted by atomic mass is 9.46. The van der Waals surface area contributed by atoms with Crippen LogP contribution in [0.5, 0.6) is 5.75 Å². The number of aliphatic hydroxyl groups is 1. The lowest BCUT2D eigenvalue weighted by molar-refractivity contribution is -0.215. The van der Waals surface area contributed by atoms with E-state index in [9.17, 15) is 14.7 Å². The predicted molar refractivity (Wildman–Crippen MR) is 98.7 cm³/mol. The molecule has 1 aromatic carbocycles. The third kappa shape index (κ3) is 3.08. The van der Waals surface area contributed by atoms with Gasteiger partial charge in [-0.15, -0.1) is 0 Å². The van der Waals surface area contributed by atoms with E-state index in [2.05, 4.69) is 15.6 Å². The van der Waals surface area contributed by atoms with E-state index < -0.39 is 5.60 Å². The van der Waals surface area contributed by atoms with Crippen molar-refractivity contribution in [1.29, 1.82) is 0 Å². The third-order valence-electron chi connectivity index (χ3n) is 5.43. The largest absolute Gasteiger partial charge is 0.484 e. The minimum Gasteiger partial charge on any atom is -0.484 e. The Hall–Kier alpha value is -2.80. The van der Waals surface area contributed by atoms with Crippen LogP contribution in [0.15, 0.2) is 36.4 Å². The van der Waals surface area contributed by atoms with Crippen molar-refractivity contribution >= 4 is 11.8 Å². The molecule has 7 heteroatoms. The molecule has 5 rings (SSSR count). The minimum atomic E-state index is -0.588. The van der Waals surface area contributed by atoms with Crippen LogP contribution in [0.1, 0.15) is 58.8 Å². The van der Waals surface area contributed by atoms with Crippen LogP contribution in [0.3, 0.4) is 0 Å². The zero-order valence-electron chi connectivity index (χ0n) is 15.3. The summed E-state index contributed by atoms with van der Waals surface area (Å²) in [4.78, 5) is 27.7. The van der Waals surface area contributed by atoms with Crippen molar-refractivity contribution in [3.63, 3.8) is 0 Å². The van der Waals surface area contributed by atoms with Gasteiger partial charge in [-0.05, 0) is 31.7 Å². The predicted octanol–water partition coefficient (Wildman–Crippen LogP) is 1.91. The molecule has 1 aromatic heterocycles. The summed E-state index contributed by atoms with van der Waals surface area (Å²) in [5.74, 6) is -0.333. The number of carbonyl (C=O) groups is 2. The molecule has 0 radical (unpaired) electrons. The van der Waals surface area contributed by atoms with Gasteiger partial charge in [-0.1, -0.05) is 30.3 Å². The van der Waals surface area contributed by atoms with Crippen LogP contribution in [-0.2, 0) is 0 Å². The maximum Gasteiger partial charge on any atom is 0.271 e. The molecular formula is C20H23N3O4. The van der Waals surface area contributed by atoms with E-state index >= 15 is 0 Å². The summed E-state index contributed by atoms with van der Waals surface area (Å²) in [5.41, 5.74) is 0.551. The van der Waals surface area contributed by atoms with Crippen LogP contribution in [0.25, 0.3) is 0 Å². The lowest BCUT2D eigenvalue weighted by Gasteiger charge is -2.67. The van der Waals surface area contributed by atoms with Crippen molar-refractivity contribution in [2.75, 3.05) is 7.05 Å². The van der Waals surface area contributed by atoms with E-state index in [0.29, 0.717) is 25.0 Å². The van der Waals surface area contributed by atoms with Gasteiger partial charge in [0, 0.05) is 18.7 Å². The van der Waals surface area contributed by atoms with Gasteiger partial charge in [0.1, 0.15) is 17.5 Å². The third-order valence-corrected chi connectivity index (χ3v) is 5.43. The van der Waals surface area contributed by atoms with Crippen molar-refractivity contribution in [3.05, 3.63) is 53.3 Å². The summed E-state index contributed by atoms with van der Waals surface area (Å²) in [6.07, 6.45) is 1.48. The Labute approximate surface area is 157 Å². The first kappa shape index (κ1) is 17.6. The average Bonchev–Trinajstić information content (AvgIpc) is 3.03. The minimum absolute atomic E-state index is 0.210. The second-order valence-electron chi connectivity index (χ2n) is 7.66. The molecule has 1 heterocycles. The van der Waals surface area contributed by atoms with E-state index in [1.54, 1.807) is 6.07 Å². The molecule has 3 fully saturated rings. The van der Waals surface area contributed by atoms with Crippen LogP contribution >= 0.6 is 0 Å². The smallest absolute Gasteiger partial charge is 0.271 e. The molecule has 4 N–H and O–H groups in total. The van der Waals surface area contributed by atoms with Crippen LogP contribution in [-0.4, -0.2) is 40.1 Å². The van der Waals surface area contributed by atoms with Gasteiger partial charge in [-0.25, -0.2) is 0 Å². The zero-order valence-corrected chi connectivity index (χ0v) is 15.3. The maximum atomic E-state index is 12.6. The highest BCUT2D eigenvalue weighted by molar-refractivity contribution is 6.00. The SMILES string of the molecule is CNC(=O)c1[nH]c(C(=O)NC23CC(O)(C2)C3)cc1OC(C)c1ccccc1. The van der Waals surface area contributed by atoms with Gasteiger partial charge in [0.15, 0.2) is 5.75 Å². The van der Waals surface area contributed by atoms with Crippen LogP contribution in [0.2, 0.25) is 0 Å². The number of hydrogen-bond acceptors (Lipinski definition) is 4. The fourth-order valence-corrected chi connectivity index (χ4v) is 4.10. The van der Waals surface area contributed by atoms with E-state index in [1.807, 2.05) is 37.3 Å². The first-order chi connectivity index (χ1) is 12.8. The number of ether oxygens (including phenoxy) is 1. The summed E-state index contributed by atoms with van der Waals surface area (Å²) in [7, 11) is 1.52. The van der Waals surface area contributed by atoms with Crippen LogP contribution in [0, 0.1) is 0 Å². The van der Waals surface area contributed by atoms with Crippen molar-refractivity contribution in [2.24, 2.45) is 0 Å². The molecule has 2 bridgehead atoms. The average molecular weight is 369 g/mol. The van der Waals surface area contributed by atoms with Crippen LogP contribution < -0.4 is 15.4 Å². The van der Waals surface area contributed by atoms with E-state index in [4.69, 9.17) is 4.74 Å². The molecule has 2 aromatic rings. The Morgan fingerprint density at radius 2 is 1.85 bits per heavy atom. The van der Waals surface area contributed by atoms with Crippen molar-refractivity contribution in [3.8, 4) is 5.75 Å². The molecule has 0 saturated heterocycles. The second kappa shape index (κ2) is 6.13. The van der Waals surface area contributed by atoms with E-state index in [-0.39, 0.29) is 34.8 Å². The van der Waals surface area contributed by atoms with Crippen LogP contribution in [0.4, 0.5) is 0 Å². The van der Waals surface area contributed by atoms with Crippen molar-refractivity contribution < 1.29 is 19.4 Å². The summed E-state index contributed by atoms with van der Waals surface area (Å²) < 4.78 is 5.97. The first-order valence-electron chi connectivity index (χ1n) is 9.05. The topological polar surface area (TPSA) is 103 Å². The molecule has 3 saturated carbocycles. The van der Waals surface area contributed by atoms with Gasteiger partial charge in [0.05, 0.1) is 5.60 Å². The Kier molecular flexibility index (Phi) is 3.99. The lowest BCUT2D eigenvalue weighted by Crippen LogP contribution is -2.78. The Bertz CT molecular complexity index is 870. The highest BCUT2D eigenvalue weighted by Crippen LogP contribution is 2.60. The fourth-order valence-electron chi connectivity index (χ4n) is 4.10. The number of benzene rings is 1. The summed E-state index contributed by atoms with van der Waals surface area (Å²) >= 11 is 0. The van der Waals surface area contributed by atoms with Gasteiger partial charge in [-0.2, -0.15) is 0 Å². The molecule has 0 spiro atoms. The number of amides is 2. The first-order valence-corrected chi connectivity index (χ1v) is 9.05. The van der Waals surface area contributed by atoms with Gasteiger partial charge < -0.3 is 25.5 Å². The highest BCUT2D eigenvalue weighted by atomic mass is 16.5. The van der Waals surface area contributed by atoms with Gasteiger partial charge >= 0.3 is 0 Å². The Morgan fingerprint density at radius 1 is 1.19 bits per heavy atom. The normalized spacial score (nSPS) is 26.3. The van der Waals surface area contributed by atoms with Crippen molar-refractivity contribution in [1.82, 2.24) is 15.6 Å². The molecule has 7 nitrogen and oxygen atoms in total. The highest BCUT2D eigenvalue weighted by Gasteiger charge is 2.68. The number of H-pyrrole nitrogens is 1. The molecule has 27 heavy (non-hydrogen) atoms. The summed E-state index contributed by atoms with van der Waals surface area (Å²) in [6, 6.07) is 11.2. The molecule has 142 valence electrons. The van der Waals surface area contributed by atoms with Gasteiger partial charge in [0.2, 0.25) is 0 Å². The van der Waals surface area contributed by atoms with E-state index in [0.717, 1.165) is 5.56 Å². The number of aromatic nitrogens is 1. The monoisotopic (exact) mass is 369 g/mol. The Balaban J connectivity index is 1.53. The summed E-state index contributed by atoms with van der Waals surface area (Å²) in [5, 5.41) is 15.4. The second-order valence-corrected chi connectivity index (χ2v) is 7.66. The quantitative estimate of drug-likeness (QED) is 0.624. The maximum absolute atomic E-state index is 12.6. The number of hydrogen-bond donors (Lipinski definition) is 4. The Morgan fingerprint density at radius 3 is 2.44 bits per heavy atom. The molecule has 1 atom stereocenters. The van der Waals surface area contributed by atoms with Crippen molar-refractivity contribution in [2.45, 2.75) is 43.4 Å². The molecular weight excluding hydrogens is 346 g/mol. The number of rotatable bonds is 6. The fraction of sp³-hybridized carbons (Fsp3) is 0.400.